The van der Waals surface area contributed by atoms with Crippen LogP contribution in [-0.2, 0) is 11.3 Å². The molecule has 0 bridgehead atoms. The molecule has 0 aliphatic heterocycles. The van der Waals surface area contributed by atoms with E-state index in [-0.39, 0.29) is 18.1 Å². The SMILES string of the molecule is CNC(=O)c1ccn(CC(C(=O)O)c2ccccc2)n1. The summed E-state index contributed by atoms with van der Waals surface area (Å²) < 4.78 is 1.47. The van der Waals surface area contributed by atoms with E-state index < -0.39 is 11.9 Å². The molecular weight excluding hydrogens is 258 g/mol. The first-order chi connectivity index (χ1) is 9.61. The van der Waals surface area contributed by atoms with E-state index in [0.29, 0.717) is 5.56 Å². The average Bonchev–Trinajstić information content (AvgIpc) is 2.93. The number of carboxylic acid groups (broad SMARTS) is 1. The molecular formula is C14H15N3O3. The van der Waals surface area contributed by atoms with Crippen LogP contribution in [0.2, 0.25) is 0 Å². The van der Waals surface area contributed by atoms with Crippen molar-refractivity contribution in [2.24, 2.45) is 0 Å². The molecule has 2 rings (SSSR count). The van der Waals surface area contributed by atoms with Gasteiger partial charge in [-0.05, 0) is 11.6 Å². The van der Waals surface area contributed by atoms with Crippen LogP contribution in [-0.4, -0.2) is 33.8 Å². The van der Waals surface area contributed by atoms with Gasteiger partial charge in [-0.1, -0.05) is 30.3 Å². The van der Waals surface area contributed by atoms with E-state index in [0.717, 1.165) is 0 Å². The minimum Gasteiger partial charge on any atom is -0.481 e. The second-order valence-corrected chi connectivity index (χ2v) is 4.30. The molecule has 1 heterocycles. The third-order valence-corrected chi connectivity index (χ3v) is 2.97. The predicted molar refractivity (Wildman–Crippen MR) is 72.4 cm³/mol. The Kier molecular flexibility index (Phi) is 4.14. The number of amides is 1. The molecule has 6 nitrogen and oxygen atoms in total. The molecule has 20 heavy (non-hydrogen) atoms. The number of carbonyl (C=O) groups excluding carboxylic acids is 1. The highest BCUT2D eigenvalue weighted by Gasteiger charge is 2.21. The number of nitrogens with one attached hydrogen (secondary N) is 1. The first kappa shape index (κ1) is 13.8. The monoisotopic (exact) mass is 273 g/mol. The number of aromatic nitrogens is 2. The van der Waals surface area contributed by atoms with Crippen molar-refractivity contribution in [2.75, 3.05) is 7.05 Å². The van der Waals surface area contributed by atoms with E-state index in [2.05, 4.69) is 10.4 Å². The fraction of sp³-hybridized carbons (Fsp3) is 0.214. The molecule has 1 amide bonds. The molecule has 0 spiro atoms. The van der Waals surface area contributed by atoms with Crippen LogP contribution in [0.15, 0.2) is 42.6 Å². The van der Waals surface area contributed by atoms with Crippen molar-refractivity contribution in [3.8, 4) is 0 Å². The lowest BCUT2D eigenvalue weighted by Crippen LogP contribution is -2.21. The average molecular weight is 273 g/mol. The maximum absolute atomic E-state index is 11.4. The second kappa shape index (κ2) is 6.01. The summed E-state index contributed by atoms with van der Waals surface area (Å²) >= 11 is 0. The lowest BCUT2D eigenvalue weighted by Gasteiger charge is -2.12. The Labute approximate surface area is 116 Å². The van der Waals surface area contributed by atoms with Crippen LogP contribution in [0.5, 0.6) is 0 Å². The van der Waals surface area contributed by atoms with Gasteiger partial charge in [0.2, 0.25) is 0 Å². The first-order valence-corrected chi connectivity index (χ1v) is 6.15. The zero-order valence-electron chi connectivity index (χ0n) is 11.0. The van der Waals surface area contributed by atoms with Crippen LogP contribution in [0.3, 0.4) is 0 Å². The first-order valence-electron chi connectivity index (χ1n) is 6.15. The highest BCUT2D eigenvalue weighted by atomic mass is 16.4. The Balaban J connectivity index is 2.19. The Morgan fingerprint density at radius 2 is 2.00 bits per heavy atom. The molecule has 1 aromatic carbocycles. The molecule has 0 saturated heterocycles. The third kappa shape index (κ3) is 3.03. The summed E-state index contributed by atoms with van der Waals surface area (Å²) in [6.07, 6.45) is 1.60. The topological polar surface area (TPSA) is 84.2 Å². The Hall–Kier alpha value is -2.63. The fourth-order valence-electron chi connectivity index (χ4n) is 1.91. The second-order valence-electron chi connectivity index (χ2n) is 4.30. The minimum absolute atomic E-state index is 0.177. The van der Waals surface area contributed by atoms with Crippen LogP contribution in [0.25, 0.3) is 0 Å². The summed E-state index contributed by atoms with van der Waals surface area (Å²) in [5, 5.41) is 15.9. The smallest absolute Gasteiger partial charge is 0.312 e. The van der Waals surface area contributed by atoms with E-state index in [9.17, 15) is 14.7 Å². The Morgan fingerprint density at radius 1 is 1.30 bits per heavy atom. The molecule has 1 aromatic heterocycles. The number of hydrogen-bond acceptors (Lipinski definition) is 3. The Morgan fingerprint density at radius 3 is 2.60 bits per heavy atom. The molecule has 0 radical (unpaired) electrons. The summed E-state index contributed by atoms with van der Waals surface area (Å²) in [6, 6.07) is 10.5. The largest absolute Gasteiger partial charge is 0.481 e. The molecule has 0 fully saturated rings. The van der Waals surface area contributed by atoms with Crippen molar-refractivity contribution in [3.05, 3.63) is 53.9 Å². The van der Waals surface area contributed by atoms with Crippen LogP contribution in [0.1, 0.15) is 22.0 Å². The van der Waals surface area contributed by atoms with Crippen LogP contribution in [0.4, 0.5) is 0 Å². The third-order valence-electron chi connectivity index (χ3n) is 2.97. The van der Waals surface area contributed by atoms with Crippen molar-refractivity contribution >= 4 is 11.9 Å². The van der Waals surface area contributed by atoms with E-state index in [1.165, 1.54) is 11.7 Å². The summed E-state index contributed by atoms with van der Waals surface area (Å²) in [6.45, 7) is 0.177. The molecule has 0 aliphatic carbocycles. The lowest BCUT2D eigenvalue weighted by molar-refractivity contribution is -0.139. The normalized spacial score (nSPS) is 11.8. The van der Waals surface area contributed by atoms with Gasteiger partial charge in [0.1, 0.15) is 11.6 Å². The van der Waals surface area contributed by atoms with Crippen LogP contribution in [0, 0.1) is 0 Å². The van der Waals surface area contributed by atoms with Crippen molar-refractivity contribution in [3.63, 3.8) is 0 Å². The van der Waals surface area contributed by atoms with Crippen molar-refractivity contribution < 1.29 is 14.7 Å². The number of hydrogen-bond donors (Lipinski definition) is 2. The van der Waals surface area contributed by atoms with Gasteiger partial charge in [-0.25, -0.2) is 0 Å². The van der Waals surface area contributed by atoms with Gasteiger partial charge in [-0.15, -0.1) is 0 Å². The van der Waals surface area contributed by atoms with Gasteiger partial charge in [-0.3, -0.25) is 14.3 Å². The van der Waals surface area contributed by atoms with Crippen LogP contribution >= 0.6 is 0 Å². The van der Waals surface area contributed by atoms with Gasteiger partial charge in [0.15, 0.2) is 0 Å². The minimum atomic E-state index is -0.923. The highest BCUT2D eigenvalue weighted by molar-refractivity contribution is 5.91. The van der Waals surface area contributed by atoms with Gasteiger partial charge in [0, 0.05) is 13.2 Å². The fourth-order valence-corrected chi connectivity index (χ4v) is 1.91. The summed E-state index contributed by atoms with van der Waals surface area (Å²) in [7, 11) is 1.52. The molecule has 0 aliphatic rings. The number of carbonyl (C=O) groups is 2. The van der Waals surface area contributed by atoms with Gasteiger partial charge < -0.3 is 10.4 Å². The molecule has 2 aromatic rings. The van der Waals surface area contributed by atoms with Gasteiger partial charge >= 0.3 is 5.97 Å². The zero-order chi connectivity index (χ0) is 14.5. The molecule has 1 unspecified atom stereocenters. The van der Waals surface area contributed by atoms with E-state index >= 15 is 0 Å². The summed E-state index contributed by atoms with van der Waals surface area (Å²) in [5.41, 5.74) is 0.974. The number of nitrogens with zero attached hydrogens (tertiary/aromatic N) is 2. The summed E-state index contributed by atoms with van der Waals surface area (Å²) in [5.74, 6) is -1.92. The van der Waals surface area contributed by atoms with E-state index in [4.69, 9.17) is 0 Å². The highest BCUT2D eigenvalue weighted by Crippen LogP contribution is 2.18. The van der Waals surface area contributed by atoms with Crippen molar-refractivity contribution in [2.45, 2.75) is 12.5 Å². The number of benzene rings is 1. The molecule has 2 N–H and O–H groups in total. The zero-order valence-corrected chi connectivity index (χ0v) is 11.0. The van der Waals surface area contributed by atoms with Gasteiger partial charge in [-0.2, -0.15) is 5.10 Å². The molecule has 0 saturated carbocycles. The Bertz CT molecular complexity index is 607. The van der Waals surface area contributed by atoms with Crippen molar-refractivity contribution in [1.82, 2.24) is 15.1 Å². The van der Waals surface area contributed by atoms with Crippen molar-refractivity contribution in [1.29, 1.82) is 0 Å². The maximum atomic E-state index is 11.4. The standard InChI is InChI=1S/C14H15N3O3/c1-15-13(18)12-7-8-17(16-12)9-11(14(19)20)10-5-3-2-4-6-10/h2-8,11H,9H2,1H3,(H,15,18)(H,19,20). The predicted octanol–water partition coefficient (Wildman–Crippen LogP) is 1.11. The molecule has 6 heteroatoms. The number of rotatable bonds is 5. The number of aliphatic carboxylic acids is 1. The summed E-state index contributed by atoms with van der Waals surface area (Å²) in [4.78, 5) is 22.8. The lowest BCUT2D eigenvalue weighted by atomic mass is 9.99. The van der Waals surface area contributed by atoms with Gasteiger partial charge in [0.25, 0.3) is 5.91 Å². The van der Waals surface area contributed by atoms with E-state index in [1.807, 2.05) is 6.07 Å². The van der Waals surface area contributed by atoms with Crippen LogP contribution < -0.4 is 5.32 Å². The van der Waals surface area contributed by atoms with Gasteiger partial charge in [0.05, 0.1) is 6.54 Å². The quantitative estimate of drug-likeness (QED) is 0.854. The molecule has 104 valence electrons. The van der Waals surface area contributed by atoms with E-state index in [1.54, 1.807) is 36.5 Å². The maximum Gasteiger partial charge on any atom is 0.312 e. The molecule has 1 atom stereocenters. The number of carboxylic acids is 1.